The van der Waals surface area contributed by atoms with Crippen molar-refractivity contribution in [2.45, 2.75) is 6.54 Å². The van der Waals surface area contributed by atoms with Gasteiger partial charge in [-0.05, 0) is 28.5 Å². The zero-order valence-corrected chi connectivity index (χ0v) is 15.2. The van der Waals surface area contributed by atoms with Gasteiger partial charge in [-0.1, -0.05) is 41.6 Å². The van der Waals surface area contributed by atoms with E-state index in [0.717, 1.165) is 42.4 Å². The molecule has 138 valence electrons. The number of rotatable bonds is 5. The molecule has 0 bridgehead atoms. The molecular formula is C22H18N4O2. The molecule has 0 radical (unpaired) electrons. The topological polar surface area (TPSA) is 72.1 Å². The van der Waals surface area contributed by atoms with Gasteiger partial charge in [-0.25, -0.2) is 0 Å². The highest BCUT2D eigenvalue weighted by Crippen LogP contribution is 2.32. The minimum atomic E-state index is 0.177. The summed E-state index contributed by atoms with van der Waals surface area (Å²) in [7, 11) is 0. The molecule has 5 rings (SSSR count). The highest BCUT2D eigenvalue weighted by Gasteiger charge is 2.26. The van der Waals surface area contributed by atoms with Gasteiger partial charge in [-0.3, -0.25) is 9.88 Å². The van der Waals surface area contributed by atoms with Gasteiger partial charge in [-0.2, -0.15) is 4.98 Å². The Morgan fingerprint density at radius 3 is 2.61 bits per heavy atom. The average molecular weight is 370 g/mol. The summed E-state index contributed by atoms with van der Waals surface area (Å²) in [4.78, 5) is 21.7. The van der Waals surface area contributed by atoms with Gasteiger partial charge in [0.25, 0.3) is 5.89 Å². The number of fused-ring (bicyclic) bond motifs is 1. The first kappa shape index (κ1) is 16.8. The second-order valence-electron chi connectivity index (χ2n) is 7.07. The van der Waals surface area contributed by atoms with Crippen molar-refractivity contribution in [1.29, 1.82) is 0 Å². The Morgan fingerprint density at radius 2 is 1.82 bits per heavy atom. The van der Waals surface area contributed by atoms with Crippen LogP contribution in [0.25, 0.3) is 33.6 Å². The summed E-state index contributed by atoms with van der Waals surface area (Å²) in [5.74, 6) is 1.22. The van der Waals surface area contributed by atoms with Crippen molar-refractivity contribution >= 4 is 17.1 Å². The predicted molar refractivity (Wildman–Crippen MR) is 105 cm³/mol. The molecular weight excluding hydrogens is 352 g/mol. The van der Waals surface area contributed by atoms with Crippen LogP contribution in [0.2, 0.25) is 0 Å². The smallest absolute Gasteiger partial charge is 0.258 e. The van der Waals surface area contributed by atoms with Crippen LogP contribution >= 0.6 is 0 Å². The zero-order chi connectivity index (χ0) is 18.9. The summed E-state index contributed by atoms with van der Waals surface area (Å²) in [6, 6.07) is 16.1. The maximum Gasteiger partial charge on any atom is 0.258 e. The number of nitrogens with zero attached hydrogens (tertiary/aromatic N) is 4. The zero-order valence-electron chi connectivity index (χ0n) is 15.2. The summed E-state index contributed by atoms with van der Waals surface area (Å²) in [5, 5.41) is 6.46. The van der Waals surface area contributed by atoms with Crippen LogP contribution in [0.1, 0.15) is 5.56 Å². The Labute approximate surface area is 161 Å². The molecule has 1 fully saturated rings. The molecule has 28 heavy (non-hydrogen) atoms. The molecule has 4 aromatic rings. The number of carbonyl (C=O) groups excluding carboxylic acids is 1. The van der Waals surface area contributed by atoms with E-state index in [0.29, 0.717) is 11.7 Å². The lowest BCUT2D eigenvalue weighted by Crippen LogP contribution is -2.46. The minimum Gasteiger partial charge on any atom is -0.334 e. The molecule has 2 aromatic carbocycles. The Bertz CT molecular complexity index is 1130. The molecule has 1 aliphatic heterocycles. The van der Waals surface area contributed by atoms with E-state index in [2.05, 4.69) is 44.3 Å². The van der Waals surface area contributed by atoms with Crippen molar-refractivity contribution in [2.24, 2.45) is 5.92 Å². The first-order chi connectivity index (χ1) is 13.8. The average Bonchev–Trinajstić information content (AvgIpc) is 3.21. The summed E-state index contributed by atoms with van der Waals surface area (Å²) in [6.45, 7) is 2.50. The summed E-state index contributed by atoms with van der Waals surface area (Å²) in [6.07, 6.45) is 4.46. The van der Waals surface area contributed by atoms with E-state index in [9.17, 15) is 4.79 Å². The molecule has 0 saturated carbocycles. The standard InChI is InChI=1S/C22H18N4O2/c27-14-15-11-26(12-15)13-17-5-6-20(19-4-2-1-3-18(17)19)21-24-22(28-25-21)16-7-9-23-10-8-16/h1-10,14-15H,11-13H2. The normalized spacial score (nSPS) is 14.9. The van der Waals surface area contributed by atoms with Gasteiger partial charge in [-0.15, -0.1) is 0 Å². The van der Waals surface area contributed by atoms with Crippen LogP contribution in [0.3, 0.4) is 0 Å². The Balaban J connectivity index is 1.50. The SMILES string of the molecule is O=CC1CN(Cc2ccc(-c3noc(-c4ccncc4)n3)c3ccccc23)C1. The van der Waals surface area contributed by atoms with Crippen molar-refractivity contribution in [2.75, 3.05) is 13.1 Å². The highest BCUT2D eigenvalue weighted by atomic mass is 16.5. The first-order valence-electron chi connectivity index (χ1n) is 9.24. The predicted octanol–water partition coefficient (Wildman–Crippen LogP) is 3.58. The molecule has 6 nitrogen and oxygen atoms in total. The van der Waals surface area contributed by atoms with Crippen LogP contribution in [0.4, 0.5) is 0 Å². The van der Waals surface area contributed by atoms with Crippen LogP contribution < -0.4 is 0 Å². The molecule has 0 N–H and O–H groups in total. The molecule has 3 heterocycles. The fourth-order valence-electron chi connectivity index (χ4n) is 3.70. The summed E-state index contributed by atoms with van der Waals surface area (Å²) < 4.78 is 5.47. The lowest BCUT2D eigenvalue weighted by atomic mass is 9.96. The molecule has 0 atom stereocenters. The highest BCUT2D eigenvalue weighted by molar-refractivity contribution is 5.97. The largest absolute Gasteiger partial charge is 0.334 e. The van der Waals surface area contributed by atoms with Gasteiger partial charge in [0, 0.05) is 49.1 Å². The number of hydrogen-bond donors (Lipinski definition) is 0. The number of benzene rings is 2. The first-order valence-corrected chi connectivity index (χ1v) is 9.24. The Morgan fingerprint density at radius 1 is 1.04 bits per heavy atom. The van der Waals surface area contributed by atoms with Crippen molar-refractivity contribution in [3.8, 4) is 22.8 Å². The van der Waals surface area contributed by atoms with Gasteiger partial charge in [0.15, 0.2) is 0 Å². The van der Waals surface area contributed by atoms with Crippen LogP contribution in [0.5, 0.6) is 0 Å². The van der Waals surface area contributed by atoms with E-state index in [4.69, 9.17) is 4.52 Å². The minimum absolute atomic E-state index is 0.177. The quantitative estimate of drug-likeness (QED) is 0.500. The maximum atomic E-state index is 10.9. The molecule has 2 aromatic heterocycles. The van der Waals surface area contributed by atoms with E-state index in [1.807, 2.05) is 24.3 Å². The number of carbonyl (C=O) groups is 1. The second-order valence-corrected chi connectivity index (χ2v) is 7.07. The van der Waals surface area contributed by atoms with Crippen LogP contribution in [-0.4, -0.2) is 39.4 Å². The van der Waals surface area contributed by atoms with Crippen LogP contribution in [0.15, 0.2) is 65.4 Å². The van der Waals surface area contributed by atoms with Crippen molar-refractivity contribution in [1.82, 2.24) is 20.0 Å². The molecule has 1 aliphatic rings. The van der Waals surface area contributed by atoms with E-state index in [-0.39, 0.29) is 5.92 Å². The van der Waals surface area contributed by atoms with Crippen molar-refractivity contribution in [3.05, 3.63) is 66.5 Å². The summed E-state index contributed by atoms with van der Waals surface area (Å²) in [5.41, 5.74) is 3.02. The van der Waals surface area contributed by atoms with Crippen molar-refractivity contribution in [3.63, 3.8) is 0 Å². The van der Waals surface area contributed by atoms with E-state index in [1.54, 1.807) is 12.4 Å². The van der Waals surface area contributed by atoms with Gasteiger partial charge in [0.05, 0.1) is 0 Å². The number of aromatic nitrogens is 3. The molecule has 0 aliphatic carbocycles. The monoisotopic (exact) mass is 370 g/mol. The second kappa shape index (κ2) is 6.98. The van der Waals surface area contributed by atoms with E-state index < -0.39 is 0 Å². The van der Waals surface area contributed by atoms with Crippen LogP contribution in [-0.2, 0) is 11.3 Å². The number of pyridine rings is 1. The van der Waals surface area contributed by atoms with Gasteiger partial charge in [0.2, 0.25) is 5.82 Å². The van der Waals surface area contributed by atoms with Gasteiger partial charge < -0.3 is 9.32 Å². The van der Waals surface area contributed by atoms with Gasteiger partial charge >= 0.3 is 0 Å². The third kappa shape index (κ3) is 2.97. The van der Waals surface area contributed by atoms with E-state index in [1.165, 1.54) is 10.9 Å². The number of aldehydes is 1. The lowest BCUT2D eigenvalue weighted by molar-refractivity contribution is -0.115. The van der Waals surface area contributed by atoms with E-state index >= 15 is 0 Å². The molecule has 0 amide bonds. The van der Waals surface area contributed by atoms with Crippen LogP contribution in [0, 0.1) is 5.92 Å². The Hall–Kier alpha value is -3.38. The maximum absolute atomic E-state index is 10.9. The van der Waals surface area contributed by atoms with Gasteiger partial charge in [0.1, 0.15) is 6.29 Å². The third-order valence-corrected chi connectivity index (χ3v) is 5.18. The molecule has 1 saturated heterocycles. The number of likely N-dealkylation sites (tertiary alicyclic amines) is 1. The fraction of sp³-hybridized carbons (Fsp3) is 0.182. The van der Waals surface area contributed by atoms with Crippen molar-refractivity contribution < 1.29 is 9.32 Å². The molecule has 6 heteroatoms. The molecule has 0 unspecified atom stereocenters. The molecule has 0 spiro atoms. The third-order valence-electron chi connectivity index (χ3n) is 5.18. The fourth-order valence-corrected chi connectivity index (χ4v) is 3.70. The summed E-state index contributed by atoms with van der Waals surface area (Å²) >= 11 is 0. The lowest BCUT2D eigenvalue weighted by Gasteiger charge is -2.36. The Kier molecular flexibility index (Phi) is 4.18. The number of hydrogen-bond acceptors (Lipinski definition) is 6.